The van der Waals surface area contributed by atoms with E-state index in [0.717, 1.165) is 7.11 Å². The van der Waals surface area contributed by atoms with E-state index in [1.54, 1.807) is 0 Å². The smallest absolute Gasteiger partial charge is 0.335 e. The number of aliphatic hydroxyl groups is 1. The van der Waals surface area contributed by atoms with E-state index < -0.39 is 23.8 Å². The van der Waals surface area contributed by atoms with Crippen molar-refractivity contribution in [2.45, 2.75) is 12.0 Å². The summed E-state index contributed by atoms with van der Waals surface area (Å²) in [5.41, 5.74) is 0.561. The number of phenolic OH excluding ortho intramolecular Hbond substituents is 1. The fraction of sp³-hybridized carbons (Fsp3) is 0.278. The van der Waals surface area contributed by atoms with Crippen molar-refractivity contribution in [3.8, 4) is 17.2 Å². The molecule has 0 spiro atoms. The molecule has 2 aromatic carbocycles. The number of hydrogen-bond acceptors (Lipinski definition) is 6. The summed E-state index contributed by atoms with van der Waals surface area (Å²) in [5, 5.41) is 20.9. The molecule has 0 unspecified atom stereocenters. The van der Waals surface area contributed by atoms with Gasteiger partial charge in [0.05, 0.1) is 27.2 Å². The minimum absolute atomic E-state index is 0.160. The minimum Gasteiger partial charge on any atom is -0.507 e. The molecule has 0 radical (unpaired) electrons. The van der Waals surface area contributed by atoms with E-state index in [4.69, 9.17) is 9.47 Å². The number of ether oxygens (including phenoxy) is 3. The number of rotatable bonds is 6. The predicted octanol–water partition coefficient (Wildman–Crippen LogP) is 2.21. The van der Waals surface area contributed by atoms with E-state index >= 15 is 0 Å². The highest BCUT2D eigenvalue weighted by atomic mass is 19.1. The van der Waals surface area contributed by atoms with E-state index in [2.05, 4.69) is 4.74 Å². The Labute approximate surface area is 144 Å². The number of carbonyl (C=O) groups is 1. The Hall–Kier alpha value is -2.80. The molecule has 0 bridgehead atoms. The third kappa shape index (κ3) is 3.83. The fourth-order valence-electron chi connectivity index (χ4n) is 2.62. The van der Waals surface area contributed by atoms with Gasteiger partial charge in [0.15, 0.2) is 6.10 Å². The summed E-state index contributed by atoms with van der Waals surface area (Å²) in [5.74, 6) is -2.10. The molecular formula is C18H19FO6. The number of halogens is 1. The lowest BCUT2D eigenvalue weighted by Gasteiger charge is -2.25. The molecule has 6 nitrogen and oxygen atoms in total. The number of carbonyl (C=O) groups excluding carboxylic acids is 1. The van der Waals surface area contributed by atoms with Crippen LogP contribution in [0.3, 0.4) is 0 Å². The molecule has 0 aromatic heterocycles. The van der Waals surface area contributed by atoms with Gasteiger partial charge < -0.3 is 24.4 Å². The second-order valence-corrected chi connectivity index (χ2v) is 5.26. The largest absolute Gasteiger partial charge is 0.507 e. The third-order valence-electron chi connectivity index (χ3n) is 3.85. The van der Waals surface area contributed by atoms with Crippen LogP contribution >= 0.6 is 0 Å². The highest BCUT2D eigenvalue weighted by molar-refractivity contribution is 5.77. The van der Waals surface area contributed by atoms with Crippen LogP contribution in [0.15, 0.2) is 36.4 Å². The minimum atomic E-state index is -1.64. The van der Waals surface area contributed by atoms with Crippen molar-refractivity contribution in [1.82, 2.24) is 0 Å². The van der Waals surface area contributed by atoms with Crippen LogP contribution in [0.2, 0.25) is 0 Å². The van der Waals surface area contributed by atoms with E-state index in [1.165, 1.54) is 50.6 Å². The Morgan fingerprint density at radius 2 is 1.72 bits per heavy atom. The van der Waals surface area contributed by atoms with Gasteiger partial charge in [0.1, 0.15) is 23.1 Å². The number of hydrogen-bond donors (Lipinski definition) is 2. The Bertz CT molecular complexity index is 744. The molecule has 7 heteroatoms. The predicted molar refractivity (Wildman–Crippen MR) is 87.5 cm³/mol. The van der Waals surface area contributed by atoms with Gasteiger partial charge in [-0.3, -0.25) is 0 Å². The molecule has 0 saturated carbocycles. The highest BCUT2D eigenvalue weighted by Crippen LogP contribution is 2.43. The van der Waals surface area contributed by atoms with Crippen LogP contribution in [0.4, 0.5) is 4.39 Å². The van der Waals surface area contributed by atoms with E-state index in [9.17, 15) is 19.4 Å². The zero-order valence-electron chi connectivity index (χ0n) is 14.0. The van der Waals surface area contributed by atoms with Crippen LogP contribution < -0.4 is 9.47 Å². The van der Waals surface area contributed by atoms with Gasteiger partial charge in [0.25, 0.3) is 0 Å². The second-order valence-electron chi connectivity index (χ2n) is 5.26. The van der Waals surface area contributed by atoms with Crippen molar-refractivity contribution in [3.63, 3.8) is 0 Å². The van der Waals surface area contributed by atoms with Crippen LogP contribution in [0, 0.1) is 5.82 Å². The van der Waals surface area contributed by atoms with Gasteiger partial charge >= 0.3 is 5.97 Å². The summed E-state index contributed by atoms with van der Waals surface area (Å²) in [6.07, 6.45) is -1.64. The lowest BCUT2D eigenvalue weighted by molar-refractivity contribution is -0.151. The fourth-order valence-corrected chi connectivity index (χ4v) is 2.62. The van der Waals surface area contributed by atoms with Gasteiger partial charge in [0.2, 0.25) is 0 Å². The van der Waals surface area contributed by atoms with Crippen LogP contribution in [0.5, 0.6) is 17.2 Å². The second kappa shape index (κ2) is 7.85. The van der Waals surface area contributed by atoms with Gasteiger partial charge in [0, 0.05) is 17.7 Å². The van der Waals surface area contributed by atoms with Crippen molar-refractivity contribution in [2.75, 3.05) is 21.3 Å². The van der Waals surface area contributed by atoms with Gasteiger partial charge in [-0.15, -0.1) is 0 Å². The van der Waals surface area contributed by atoms with Crippen LogP contribution in [0.1, 0.15) is 17.0 Å². The molecule has 0 fully saturated rings. The molecule has 0 aliphatic rings. The number of methoxy groups -OCH3 is 3. The topological polar surface area (TPSA) is 85.2 Å². The summed E-state index contributed by atoms with van der Waals surface area (Å²) in [6.45, 7) is 0. The van der Waals surface area contributed by atoms with Crippen LogP contribution in [-0.2, 0) is 9.53 Å². The molecule has 2 aromatic rings. The maximum absolute atomic E-state index is 13.3. The van der Waals surface area contributed by atoms with Crippen molar-refractivity contribution < 1.29 is 33.6 Å². The van der Waals surface area contributed by atoms with Gasteiger partial charge in [-0.25, -0.2) is 9.18 Å². The van der Waals surface area contributed by atoms with Crippen molar-refractivity contribution in [2.24, 2.45) is 0 Å². The highest BCUT2D eigenvalue weighted by Gasteiger charge is 2.34. The molecule has 0 heterocycles. The van der Waals surface area contributed by atoms with E-state index in [1.807, 2.05) is 0 Å². The Balaban J connectivity index is 2.67. The first-order valence-corrected chi connectivity index (χ1v) is 7.39. The monoisotopic (exact) mass is 350 g/mol. The first kappa shape index (κ1) is 18.5. The van der Waals surface area contributed by atoms with Crippen molar-refractivity contribution in [3.05, 3.63) is 53.3 Å². The number of aliphatic hydroxyl groups excluding tert-OH is 1. The average Bonchev–Trinajstić information content (AvgIpc) is 2.63. The standard InChI is InChI=1S/C18H19FO6/c1-23-12-8-13(20)16(14(9-12)24-2)15(17(21)18(22)25-3)10-4-6-11(19)7-5-10/h4-9,15,17,20-21H,1-3H3/t15-,17-/m1/s1. The number of aromatic hydroxyl groups is 1. The first-order valence-electron chi connectivity index (χ1n) is 7.39. The van der Waals surface area contributed by atoms with Crippen molar-refractivity contribution >= 4 is 5.97 Å². The molecule has 2 atom stereocenters. The molecule has 2 N–H and O–H groups in total. The SMILES string of the molecule is COC(=O)[C@H](O)[C@H](c1ccc(F)cc1)c1c(O)cc(OC)cc1OC. The molecule has 0 aliphatic heterocycles. The molecule has 0 aliphatic carbocycles. The number of benzene rings is 2. The van der Waals surface area contributed by atoms with E-state index in [-0.39, 0.29) is 17.1 Å². The van der Waals surface area contributed by atoms with Crippen LogP contribution in [-0.4, -0.2) is 43.6 Å². The Kier molecular flexibility index (Phi) is 5.82. The molecule has 134 valence electrons. The molecule has 2 rings (SSSR count). The maximum atomic E-state index is 13.3. The first-order chi connectivity index (χ1) is 11.9. The molecule has 0 amide bonds. The Morgan fingerprint density at radius 3 is 2.24 bits per heavy atom. The number of phenols is 1. The lowest BCUT2D eigenvalue weighted by Crippen LogP contribution is -2.30. The summed E-state index contributed by atoms with van der Waals surface area (Å²) >= 11 is 0. The van der Waals surface area contributed by atoms with Crippen molar-refractivity contribution in [1.29, 1.82) is 0 Å². The zero-order valence-corrected chi connectivity index (χ0v) is 14.0. The summed E-state index contributed by atoms with van der Waals surface area (Å²) < 4.78 is 28.2. The van der Waals surface area contributed by atoms with Gasteiger partial charge in [-0.1, -0.05) is 12.1 Å². The summed E-state index contributed by atoms with van der Waals surface area (Å²) in [6, 6.07) is 8.05. The average molecular weight is 350 g/mol. The molecular weight excluding hydrogens is 331 g/mol. The summed E-state index contributed by atoms with van der Waals surface area (Å²) in [4.78, 5) is 11.9. The van der Waals surface area contributed by atoms with Gasteiger partial charge in [-0.05, 0) is 17.7 Å². The quantitative estimate of drug-likeness (QED) is 0.777. The van der Waals surface area contributed by atoms with E-state index in [0.29, 0.717) is 11.3 Å². The third-order valence-corrected chi connectivity index (χ3v) is 3.85. The molecule has 25 heavy (non-hydrogen) atoms. The maximum Gasteiger partial charge on any atom is 0.335 e. The lowest BCUT2D eigenvalue weighted by atomic mass is 9.85. The zero-order chi connectivity index (χ0) is 18.6. The molecule has 0 saturated heterocycles. The number of esters is 1. The van der Waals surface area contributed by atoms with Crippen LogP contribution in [0.25, 0.3) is 0 Å². The Morgan fingerprint density at radius 1 is 1.08 bits per heavy atom. The van der Waals surface area contributed by atoms with Gasteiger partial charge in [-0.2, -0.15) is 0 Å². The summed E-state index contributed by atoms with van der Waals surface area (Å²) in [7, 11) is 3.94. The normalized spacial score (nSPS) is 13.0.